The Bertz CT molecular complexity index is 621. The molecule has 0 unspecified atom stereocenters. The predicted octanol–water partition coefficient (Wildman–Crippen LogP) is 1.26. The molecule has 7 heteroatoms. The van der Waals surface area contributed by atoms with Gasteiger partial charge in [-0.1, -0.05) is 0 Å². The maximum atomic E-state index is 12.0. The average molecular weight is 295 g/mol. The van der Waals surface area contributed by atoms with Crippen molar-refractivity contribution in [3.05, 3.63) is 43.0 Å². The standard InChI is InChI=1S/C13H17N3O3S/c1-19-12-3-5-13(6-4-12)20(17,18)15-7-2-9-16-10-8-14-11-16/h3-6,8,10-11,15H,2,7,9H2,1H3. The quantitative estimate of drug-likeness (QED) is 0.781. The van der Waals surface area contributed by atoms with Crippen molar-refractivity contribution < 1.29 is 13.2 Å². The minimum absolute atomic E-state index is 0.237. The molecule has 0 saturated heterocycles. The van der Waals surface area contributed by atoms with Gasteiger partial charge in [0.2, 0.25) is 10.0 Å². The highest BCUT2D eigenvalue weighted by Gasteiger charge is 2.12. The minimum atomic E-state index is -3.46. The molecule has 2 aromatic rings. The highest BCUT2D eigenvalue weighted by molar-refractivity contribution is 7.89. The monoisotopic (exact) mass is 295 g/mol. The van der Waals surface area contributed by atoms with Crippen LogP contribution in [0.5, 0.6) is 5.75 Å². The van der Waals surface area contributed by atoms with E-state index in [4.69, 9.17) is 4.74 Å². The Morgan fingerprint density at radius 3 is 2.65 bits per heavy atom. The van der Waals surface area contributed by atoms with Crippen LogP contribution in [0, 0.1) is 0 Å². The van der Waals surface area contributed by atoms with E-state index >= 15 is 0 Å². The number of ether oxygens (including phenoxy) is 1. The molecule has 1 heterocycles. The summed E-state index contributed by atoms with van der Waals surface area (Å²) in [5.74, 6) is 0.629. The van der Waals surface area contributed by atoms with Gasteiger partial charge in [-0.25, -0.2) is 18.1 Å². The van der Waals surface area contributed by atoms with Crippen LogP contribution in [0.2, 0.25) is 0 Å². The molecule has 0 aliphatic rings. The highest BCUT2D eigenvalue weighted by atomic mass is 32.2. The third kappa shape index (κ3) is 3.82. The SMILES string of the molecule is COc1ccc(S(=O)(=O)NCCCn2ccnc2)cc1. The Morgan fingerprint density at radius 1 is 1.30 bits per heavy atom. The van der Waals surface area contributed by atoms with Gasteiger partial charge in [-0.05, 0) is 30.7 Å². The number of imidazole rings is 1. The number of nitrogens with zero attached hydrogens (tertiary/aromatic N) is 2. The fraction of sp³-hybridized carbons (Fsp3) is 0.308. The molecule has 0 bridgehead atoms. The fourth-order valence-electron chi connectivity index (χ4n) is 1.73. The number of nitrogens with one attached hydrogen (secondary N) is 1. The summed E-state index contributed by atoms with van der Waals surface area (Å²) in [6.45, 7) is 1.11. The first-order valence-corrected chi connectivity index (χ1v) is 7.69. The Hall–Kier alpha value is -1.86. The van der Waals surface area contributed by atoms with Gasteiger partial charge in [-0.3, -0.25) is 0 Å². The summed E-state index contributed by atoms with van der Waals surface area (Å²) in [5, 5.41) is 0. The van der Waals surface area contributed by atoms with Gasteiger partial charge in [0.25, 0.3) is 0 Å². The smallest absolute Gasteiger partial charge is 0.240 e. The second-order valence-corrected chi connectivity index (χ2v) is 5.99. The van der Waals surface area contributed by atoms with Crippen LogP contribution in [0.1, 0.15) is 6.42 Å². The summed E-state index contributed by atoms with van der Waals surface area (Å²) >= 11 is 0. The Labute approximate surface area is 118 Å². The first-order chi connectivity index (χ1) is 9.62. The third-order valence-corrected chi connectivity index (χ3v) is 4.29. The van der Waals surface area contributed by atoms with Crippen molar-refractivity contribution in [1.82, 2.24) is 14.3 Å². The van der Waals surface area contributed by atoms with Crippen LogP contribution in [0.25, 0.3) is 0 Å². The topological polar surface area (TPSA) is 73.2 Å². The zero-order valence-corrected chi connectivity index (χ0v) is 12.0. The van der Waals surface area contributed by atoms with Crippen LogP contribution in [-0.2, 0) is 16.6 Å². The van der Waals surface area contributed by atoms with Crippen LogP contribution in [0.4, 0.5) is 0 Å². The number of aryl methyl sites for hydroxylation is 1. The van der Waals surface area contributed by atoms with Gasteiger partial charge in [0.15, 0.2) is 0 Å². The lowest BCUT2D eigenvalue weighted by atomic mass is 10.3. The lowest BCUT2D eigenvalue weighted by Crippen LogP contribution is -2.25. The van der Waals surface area contributed by atoms with E-state index < -0.39 is 10.0 Å². The van der Waals surface area contributed by atoms with E-state index in [0.717, 1.165) is 6.54 Å². The van der Waals surface area contributed by atoms with E-state index in [0.29, 0.717) is 18.7 Å². The van der Waals surface area contributed by atoms with Crippen molar-refractivity contribution >= 4 is 10.0 Å². The number of benzene rings is 1. The molecule has 0 saturated carbocycles. The predicted molar refractivity (Wildman–Crippen MR) is 75.0 cm³/mol. The van der Waals surface area contributed by atoms with E-state index in [1.807, 2.05) is 10.8 Å². The minimum Gasteiger partial charge on any atom is -0.497 e. The molecule has 1 aromatic heterocycles. The van der Waals surface area contributed by atoms with Crippen LogP contribution < -0.4 is 9.46 Å². The highest BCUT2D eigenvalue weighted by Crippen LogP contribution is 2.15. The summed E-state index contributed by atoms with van der Waals surface area (Å²) in [7, 11) is -1.92. The van der Waals surface area contributed by atoms with Crippen molar-refractivity contribution in [2.24, 2.45) is 0 Å². The number of sulfonamides is 1. The molecule has 1 aromatic carbocycles. The van der Waals surface area contributed by atoms with Crippen molar-refractivity contribution in [2.75, 3.05) is 13.7 Å². The van der Waals surface area contributed by atoms with Gasteiger partial charge in [0.05, 0.1) is 18.3 Å². The number of rotatable bonds is 7. The normalized spacial score (nSPS) is 11.4. The lowest BCUT2D eigenvalue weighted by Gasteiger charge is -2.07. The van der Waals surface area contributed by atoms with E-state index in [2.05, 4.69) is 9.71 Å². The number of hydrogen-bond donors (Lipinski definition) is 1. The second-order valence-electron chi connectivity index (χ2n) is 4.23. The zero-order valence-electron chi connectivity index (χ0n) is 11.2. The molecular formula is C13H17N3O3S. The molecule has 6 nitrogen and oxygen atoms in total. The maximum Gasteiger partial charge on any atom is 0.240 e. The van der Waals surface area contributed by atoms with Crippen LogP contribution in [-0.4, -0.2) is 31.6 Å². The summed E-state index contributed by atoms with van der Waals surface area (Å²) in [6.07, 6.45) is 5.95. The first kappa shape index (κ1) is 14.5. The maximum absolute atomic E-state index is 12.0. The van der Waals surface area contributed by atoms with Gasteiger partial charge in [0.1, 0.15) is 5.75 Å². The van der Waals surface area contributed by atoms with Crippen LogP contribution in [0.3, 0.4) is 0 Å². The second kappa shape index (κ2) is 6.53. The first-order valence-electron chi connectivity index (χ1n) is 6.21. The Balaban J connectivity index is 1.86. The molecule has 20 heavy (non-hydrogen) atoms. The molecule has 0 atom stereocenters. The molecule has 0 aliphatic carbocycles. The molecule has 0 spiro atoms. The van der Waals surface area contributed by atoms with Gasteiger partial charge in [-0.2, -0.15) is 0 Å². The van der Waals surface area contributed by atoms with E-state index in [1.54, 1.807) is 24.7 Å². The molecule has 2 rings (SSSR count). The summed E-state index contributed by atoms with van der Waals surface area (Å²) in [4.78, 5) is 4.16. The summed E-state index contributed by atoms with van der Waals surface area (Å²) in [6, 6.07) is 6.30. The van der Waals surface area contributed by atoms with Gasteiger partial charge in [-0.15, -0.1) is 0 Å². The molecule has 108 valence electrons. The van der Waals surface area contributed by atoms with Crippen LogP contribution in [0.15, 0.2) is 47.9 Å². The summed E-state index contributed by atoms with van der Waals surface area (Å²) in [5.41, 5.74) is 0. The average Bonchev–Trinajstić information content (AvgIpc) is 2.97. The molecule has 0 aliphatic heterocycles. The fourth-order valence-corrected chi connectivity index (χ4v) is 2.80. The van der Waals surface area contributed by atoms with Gasteiger partial charge in [0, 0.05) is 25.5 Å². The third-order valence-electron chi connectivity index (χ3n) is 2.81. The molecule has 0 amide bonds. The van der Waals surface area contributed by atoms with E-state index in [-0.39, 0.29) is 4.90 Å². The molecule has 0 fully saturated rings. The van der Waals surface area contributed by atoms with Crippen molar-refractivity contribution in [3.8, 4) is 5.75 Å². The Kier molecular flexibility index (Phi) is 4.75. The Morgan fingerprint density at radius 2 is 2.05 bits per heavy atom. The lowest BCUT2D eigenvalue weighted by molar-refractivity contribution is 0.414. The van der Waals surface area contributed by atoms with Crippen molar-refractivity contribution in [3.63, 3.8) is 0 Å². The van der Waals surface area contributed by atoms with E-state index in [9.17, 15) is 8.42 Å². The van der Waals surface area contributed by atoms with Crippen molar-refractivity contribution in [1.29, 1.82) is 0 Å². The van der Waals surface area contributed by atoms with E-state index in [1.165, 1.54) is 19.2 Å². The zero-order chi connectivity index (χ0) is 14.4. The molecule has 1 N–H and O–H groups in total. The van der Waals surface area contributed by atoms with Gasteiger partial charge < -0.3 is 9.30 Å². The number of methoxy groups -OCH3 is 1. The van der Waals surface area contributed by atoms with Gasteiger partial charge >= 0.3 is 0 Å². The summed E-state index contributed by atoms with van der Waals surface area (Å²) < 4.78 is 33.5. The molecular weight excluding hydrogens is 278 g/mol. The van der Waals surface area contributed by atoms with Crippen LogP contribution >= 0.6 is 0 Å². The largest absolute Gasteiger partial charge is 0.497 e. The molecule has 0 radical (unpaired) electrons. The van der Waals surface area contributed by atoms with Crippen molar-refractivity contribution in [2.45, 2.75) is 17.9 Å². The number of hydrogen-bond acceptors (Lipinski definition) is 4. The number of aromatic nitrogens is 2.